The summed E-state index contributed by atoms with van der Waals surface area (Å²) in [6, 6.07) is 7.64. The molecule has 0 bridgehead atoms. The first-order valence-corrected chi connectivity index (χ1v) is 10.8. The van der Waals surface area contributed by atoms with Crippen LogP contribution in [0, 0.1) is 5.92 Å². The summed E-state index contributed by atoms with van der Waals surface area (Å²) in [5, 5.41) is 0. The number of hydrogen-bond acceptors (Lipinski definition) is 4. The Morgan fingerprint density at radius 3 is 2.57 bits per heavy atom. The normalized spacial score (nSPS) is 14.6. The van der Waals surface area contributed by atoms with Crippen LogP contribution >= 0.6 is 0 Å². The second-order valence-corrected chi connectivity index (χ2v) is 8.03. The quantitative estimate of drug-likeness (QED) is 0.598. The molecular weight excluding hydrogens is 382 g/mol. The van der Waals surface area contributed by atoms with Crippen molar-refractivity contribution in [2.45, 2.75) is 45.2 Å². The molecule has 2 aromatic rings. The van der Waals surface area contributed by atoms with E-state index in [4.69, 9.17) is 9.15 Å². The van der Waals surface area contributed by atoms with E-state index in [-0.39, 0.29) is 24.3 Å². The lowest BCUT2D eigenvalue weighted by molar-refractivity contribution is -0.145. The number of aryl methyl sites for hydroxylation is 1. The first-order valence-electron chi connectivity index (χ1n) is 10.8. The van der Waals surface area contributed by atoms with Crippen molar-refractivity contribution in [2.75, 3.05) is 26.8 Å². The van der Waals surface area contributed by atoms with Gasteiger partial charge < -0.3 is 23.5 Å². The van der Waals surface area contributed by atoms with E-state index in [1.165, 1.54) is 6.42 Å². The topological polar surface area (TPSA) is 67.9 Å². The van der Waals surface area contributed by atoms with Gasteiger partial charge in [0, 0.05) is 38.5 Å². The fraction of sp³-hybridized carbons (Fsp3) is 0.565. The average molecular weight is 416 g/mol. The summed E-state index contributed by atoms with van der Waals surface area (Å²) in [5.41, 5.74) is 1.02. The highest BCUT2D eigenvalue weighted by atomic mass is 16.5. The molecule has 2 heterocycles. The predicted molar refractivity (Wildman–Crippen MR) is 113 cm³/mol. The number of carbonyl (C=O) groups excluding carboxylic acids is 2. The van der Waals surface area contributed by atoms with E-state index in [0.717, 1.165) is 37.1 Å². The molecule has 2 amide bonds. The molecule has 0 unspecified atom stereocenters. The number of amides is 2. The number of rotatable bonds is 10. The molecule has 0 aliphatic heterocycles. The molecule has 1 aliphatic carbocycles. The van der Waals surface area contributed by atoms with Crippen LogP contribution in [-0.4, -0.2) is 53.0 Å². The number of nitrogens with zero attached hydrogens (tertiary/aromatic N) is 3. The van der Waals surface area contributed by atoms with Crippen LogP contribution in [0.1, 0.15) is 43.6 Å². The van der Waals surface area contributed by atoms with E-state index in [1.54, 1.807) is 23.2 Å². The molecule has 30 heavy (non-hydrogen) atoms. The Labute approximate surface area is 178 Å². The minimum Gasteiger partial charge on any atom is -0.467 e. The zero-order chi connectivity index (χ0) is 21.3. The van der Waals surface area contributed by atoms with Gasteiger partial charge in [0.2, 0.25) is 11.8 Å². The van der Waals surface area contributed by atoms with Gasteiger partial charge in [-0.25, -0.2) is 0 Å². The molecule has 0 atom stereocenters. The summed E-state index contributed by atoms with van der Waals surface area (Å²) in [4.78, 5) is 29.9. The van der Waals surface area contributed by atoms with Crippen LogP contribution in [0.3, 0.4) is 0 Å². The van der Waals surface area contributed by atoms with Crippen molar-refractivity contribution in [2.24, 2.45) is 13.0 Å². The van der Waals surface area contributed by atoms with Crippen LogP contribution in [0.25, 0.3) is 0 Å². The van der Waals surface area contributed by atoms with Crippen molar-refractivity contribution in [3.8, 4) is 0 Å². The van der Waals surface area contributed by atoms with E-state index in [2.05, 4.69) is 0 Å². The Bertz CT molecular complexity index is 793. The summed E-state index contributed by atoms with van der Waals surface area (Å²) < 4.78 is 12.7. The molecule has 2 aromatic heterocycles. The van der Waals surface area contributed by atoms with Gasteiger partial charge in [0.1, 0.15) is 5.76 Å². The largest absolute Gasteiger partial charge is 0.467 e. The number of hydrogen-bond donors (Lipinski definition) is 0. The summed E-state index contributed by atoms with van der Waals surface area (Å²) in [6.07, 6.45) is 8.75. The van der Waals surface area contributed by atoms with Gasteiger partial charge >= 0.3 is 0 Å². The van der Waals surface area contributed by atoms with Crippen LogP contribution in [0.15, 0.2) is 41.1 Å². The molecule has 0 radical (unpaired) electrons. The Kier molecular flexibility index (Phi) is 8.13. The third-order valence-electron chi connectivity index (χ3n) is 5.84. The maximum atomic E-state index is 13.3. The fourth-order valence-electron chi connectivity index (χ4n) is 4.02. The molecular formula is C23H33N3O4. The minimum absolute atomic E-state index is 0.0230. The maximum Gasteiger partial charge on any atom is 0.242 e. The zero-order valence-corrected chi connectivity index (χ0v) is 18.1. The molecule has 1 aliphatic rings. The van der Waals surface area contributed by atoms with Crippen molar-refractivity contribution >= 4 is 11.8 Å². The highest BCUT2D eigenvalue weighted by Crippen LogP contribution is 2.25. The lowest BCUT2D eigenvalue weighted by Gasteiger charge is -2.31. The zero-order valence-electron chi connectivity index (χ0n) is 18.1. The second-order valence-electron chi connectivity index (χ2n) is 8.03. The van der Waals surface area contributed by atoms with Gasteiger partial charge in [0.05, 0.1) is 32.5 Å². The van der Waals surface area contributed by atoms with Crippen LogP contribution < -0.4 is 0 Å². The highest BCUT2D eigenvalue weighted by Gasteiger charge is 2.28. The molecule has 7 nitrogen and oxygen atoms in total. The molecule has 164 valence electrons. The molecule has 1 fully saturated rings. The summed E-state index contributed by atoms with van der Waals surface area (Å²) in [6.45, 7) is 1.73. The van der Waals surface area contributed by atoms with Gasteiger partial charge in [0.25, 0.3) is 0 Å². The van der Waals surface area contributed by atoms with Gasteiger partial charge in [-0.1, -0.05) is 19.3 Å². The summed E-state index contributed by atoms with van der Waals surface area (Å²) >= 11 is 0. The monoisotopic (exact) mass is 415 g/mol. The smallest absolute Gasteiger partial charge is 0.242 e. The molecule has 0 saturated heterocycles. The molecule has 1 saturated carbocycles. The van der Waals surface area contributed by atoms with Gasteiger partial charge in [-0.05, 0) is 37.1 Å². The van der Waals surface area contributed by atoms with Crippen LogP contribution in [0.5, 0.6) is 0 Å². The van der Waals surface area contributed by atoms with Crippen molar-refractivity contribution in [1.82, 2.24) is 14.4 Å². The first-order chi connectivity index (χ1) is 14.6. The average Bonchev–Trinajstić information content (AvgIpc) is 3.42. The number of ether oxygens (including phenoxy) is 1. The van der Waals surface area contributed by atoms with Crippen molar-refractivity contribution in [3.63, 3.8) is 0 Å². The summed E-state index contributed by atoms with van der Waals surface area (Å²) in [5.74, 6) is 0.735. The van der Waals surface area contributed by atoms with E-state index in [9.17, 15) is 9.59 Å². The number of methoxy groups -OCH3 is 1. The number of aromatic nitrogens is 1. The van der Waals surface area contributed by atoms with E-state index >= 15 is 0 Å². The SMILES string of the molecule is COCCN(CC(=O)N(Cc1ccco1)Cc1cccn1C)C(=O)C1CCCCC1. The highest BCUT2D eigenvalue weighted by molar-refractivity contribution is 5.86. The van der Waals surface area contributed by atoms with Gasteiger partial charge in [0.15, 0.2) is 0 Å². The number of carbonyl (C=O) groups is 2. The third-order valence-corrected chi connectivity index (χ3v) is 5.84. The Morgan fingerprint density at radius 1 is 1.13 bits per heavy atom. The van der Waals surface area contributed by atoms with Crippen molar-refractivity contribution < 1.29 is 18.7 Å². The Hall–Kier alpha value is -2.54. The van der Waals surface area contributed by atoms with Crippen LogP contribution in [-0.2, 0) is 34.5 Å². The third kappa shape index (κ3) is 5.98. The Morgan fingerprint density at radius 2 is 1.93 bits per heavy atom. The fourth-order valence-corrected chi connectivity index (χ4v) is 4.02. The Balaban J connectivity index is 1.72. The lowest BCUT2D eigenvalue weighted by atomic mass is 9.88. The van der Waals surface area contributed by atoms with Gasteiger partial charge in [-0.3, -0.25) is 9.59 Å². The van der Waals surface area contributed by atoms with E-state index in [0.29, 0.717) is 26.2 Å². The van der Waals surface area contributed by atoms with Crippen molar-refractivity contribution in [1.29, 1.82) is 0 Å². The summed E-state index contributed by atoms with van der Waals surface area (Å²) in [7, 11) is 3.58. The first kappa shape index (κ1) is 22.2. The van der Waals surface area contributed by atoms with E-state index in [1.807, 2.05) is 42.1 Å². The lowest BCUT2D eigenvalue weighted by Crippen LogP contribution is -2.46. The van der Waals surface area contributed by atoms with Crippen LogP contribution in [0.2, 0.25) is 0 Å². The molecule has 0 aromatic carbocycles. The van der Waals surface area contributed by atoms with Crippen molar-refractivity contribution in [3.05, 3.63) is 48.2 Å². The maximum absolute atomic E-state index is 13.3. The predicted octanol–water partition coefficient (Wildman–Crippen LogP) is 3.20. The molecule has 3 rings (SSSR count). The standard InChI is InChI=1S/C23H33N3O4/c1-24-12-6-10-20(24)16-26(17-21-11-7-14-30-21)22(27)18-25(13-15-29-2)23(28)19-8-4-3-5-9-19/h6-7,10-12,14,19H,3-5,8-9,13,15-18H2,1-2H3. The molecule has 0 spiro atoms. The second kappa shape index (κ2) is 11.0. The van der Waals surface area contributed by atoms with E-state index < -0.39 is 0 Å². The van der Waals surface area contributed by atoms with Gasteiger partial charge in [-0.2, -0.15) is 0 Å². The van der Waals surface area contributed by atoms with Gasteiger partial charge in [-0.15, -0.1) is 0 Å². The number of furan rings is 1. The van der Waals surface area contributed by atoms with Crippen LogP contribution in [0.4, 0.5) is 0 Å². The molecule has 7 heteroatoms. The minimum atomic E-state index is -0.0899. The molecule has 0 N–H and O–H groups in total.